The van der Waals surface area contributed by atoms with Gasteiger partial charge in [0.05, 0.1) is 17.7 Å². The SMILES string of the molecule is COc1ccc2cc(/C(C)=N/Nc3ccccc3[N+](=O)[O-])ccc2c1. The van der Waals surface area contributed by atoms with Crippen LogP contribution in [-0.2, 0) is 0 Å². The van der Waals surface area contributed by atoms with E-state index in [9.17, 15) is 10.1 Å². The molecule has 0 unspecified atom stereocenters. The van der Waals surface area contributed by atoms with Crippen molar-refractivity contribution in [2.45, 2.75) is 6.92 Å². The van der Waals surface area contributed by atoms with Gasteiger partial charge >= 0.3 is 0 Å². The predicted molar refractivity (Wildman–Crippen MR) is 99.4 cm³/mol. The van der Waals surface area contributed by atoms with Gasteiger partial charge < -0.3 is 4.74 Å². The summed E-state index contributed by atoms with van der Waals surface area (Å²) in [6, 6.07) is 18.3. The second-order valence-corrected chi connectivity index (χ2v) is 5.51. The van der Waals surface area contributed by atoms with Crippen molar-refractivity contribution in [2.75, 3.05) is 12.5 Å². The lowest BCUT2D eigenvalue weighted by atomic mass is 10.0. The number of rotatable bonds is 5. The van der Waals surface area contributed by atoms with Crippen molar-refractivity contribution in [3.8, 4) is 5.75 Å². The average Bonchev–Trinajstić information content (AvgIpc) is 2.65. The molecule has 126 valence electrons. The van der Waals surface area contributed by atoms with Gasteiger partial charge in [0, 0.05) is 6.07 Å². The van der Waals surface area contributed by atoms with Crippen molar-refractivity contribution in [1.29, 1.82) is 0 Å². The summed E-state index contributed by atoms with van der Waals surface area (Å²) in [5.74, 6) is 0.809. The number of para-hydroxylation sites is 2. The fourth-order valence-electron chi connectivity index (χ4n) is 2.51. The van der Waals surface area contributed by atoms with Crippen LogP contribution >= 0.6 is 0 Å². The van der Waals surface area contributed by atoms with E-state index in [0.29, 0.717) is 5.69 Å². The second-order valence-electron chi connectivity index (χ2n) is 5.51. The largest absolute Gasteiger partial charge is 0.497 e. The molecule has 0 saturated carbocycles. The van der Waals surface area contributed by atoms with E-state index in [2.05, 4.69) is 10.5 Å². The fourth-order valence-corrected chi connectivity index (χ4v) is 2.51. The van der Waals surface area contributed by atoms with E-state index in [1.54, 1.807) is 25.3 Å². The lowest BCUT2D eigenvalue weighted by molar-refractivity contribution is -0.384. The Morgan fingerprint density at radius 2 is 1.80 bits per heavy atom. The Morgan fingerprint density at radius 3 is 2.56 bits per heavy atom. The smallest absolute Gasteiger partial charge is 0.294 e. The average molecular weight is 335 g/mol. The highest BCUT2D eigenvalue weighted by molar-refractivity contribution is 6.02. The highest BCUT2D eigenvalue weighted by atomic mass is 16.6. The van der Waals surface area contributed by atoms with Crippen molar-refractivity contribution in [3.63, 3.8) is 0 Å². The maximum Gasteiger partial charge on any atom is 0.294 e. The normalized spacial score (nSPS) is 11.4. The zero-order valence-electron chi connectivity index (χ0n) is 13.9. The molecule has 0 fully saturated rings. The van der Waals surface area contributed by atoms with E-state index in [4.69, 9.17) is 4.74 Å². The van der Waals surface area contributed by atoms with Gasteiger partial charge in [-0.15, -0.1) is 0 Å². The number of nitro groups is 1. The second kappa shape index (κ2) is 7.00. The Bertz CT molecular complexity index is 967. The maximum atomic E-state index is 11.0. The molecule has 0 spiro atoms. The summed E-state index contributed by atoms with van der Waals surface area (Å²) in [5, 5.41) is 17.5. The monoisotopic (exact) mass is 335 g/mol. The minimum atomic E-state index is -0.434. The van der Waals surface area contributed by atoms with Gasteiger partial charge in [0.15, 0.2) is 0 Å². The molecule has 0 amide bonds. The summed E-state index contributed by atoms with van der Waals surface area (Å²) in [6.45, 7) is 1.85. The molecule has 25 heavy (non-hydrogen) atoms. The number of hydrogen-bond donors (Lipinski definition) is 1. The minimum Gasteiger partial charge on any atom is -0.497 e. The number of ether oxygens (including phenoxy) is 1. The van der Waals surface area contributed by atoms with Gasteiger partial charge in [-0.25, -0.2) is 0 Å². The molecule has 0 aliphatic carbocycles. The first kappa shape index (κ1) is 16.4. The van der Waals surface area contributed by atoms with Crippen LogP contribution in [0.1, 0.15) is 12.5 Å². The molecule has 0 radical (unpaired) electrons. The Balaban J connectivity index is 1.87. The van der Waals surface area contributed by atoms with E-state index in [-0.39, 0.29) is 5.69 Å². The molecule has 0 heterocycles. The fraction of sp³-hybridized carbons (Fsp3) is 0.105. The number of anilines is 1. The highest BCUT2D eigenvalue weighted by Crippen LogP contribution is 2.24. The van der Waals surface area contributed by atoms with Gasteiger partial charge in [-0.1, -0.05) is 30.3 Å². The summed E-state index contributed by atoms with van der Waals surface area (Å²) in [7, 11) is 1.64. The number of nitro benzene ring substituents is 1. The lowest BCUT2D eigenvalue weighted by Gasteiger charge is -2.07. The number of nitrogens with zero attached hydrogens (tertiary/aromatic N) is 2. The molecule has 0 aromatic heterocycles. The van der Waals surface area contributed by atoms with Crippen molar-refractivity contribution >= 4 is 27.9 Å². The summed E-state index contributed by atoms with van der Waals surface area (Å²) in [5.41, 5.74) is 4.80. The molecule has 0 atom stereocenters. The molecule has 3 aromatic carbocycles. The van der Waals surface area contributed by atoms with Gasteiger partial charge in [-0.2, -0.15) is 5.10 Å². The van der Waals surface area contributed by atoms with Crippen molar-refractivity contribution < 1.29 is 9.66 Å². The van der Waals surface area contributed by atoms with E-state index >= 15 is 0 Å². The van der Waals surface area contributed by atoms with Gasteiger partial charge in [0.25, 0.3) is 5.69 Å². The summed E-state index contributed by atoms with van der Waals surface area (Å²) < 4.78 is 5.23. The molecular weight excluding hydrogens is 318 g/mol. The van der Waals surface area contributed by atoms with Crippen LogP contribution < -0.4 is 10.2 Å². The number of methoxy groups -OCH3 is 1. The van der Waals surface area contributed by atoms with Crippen LogP contribution in [-0.4, -0.2) is 17.7 Å². The summed E-state index contributed by atoms with van der Waals surface area (Å²) >= 11 is 0. The Morgan fingerprint density at radius 1 is 1.08 bits per heavy atom. The van der Waals surface area contributed by atoms with Gasteiger partial charge in [-0.05, 0) is 47.5 Å². The van der Waals surface area contributed by atoms with Crippen molar-refractivity contribution in [1.82, 2.24) is 0 Å². The molecule has 0 saturated heterocycles. The van der Waals surface area contributed by atoms with Gasteiger partial charge in [-0.3, -0.25) is 15.5 Å². The Labute approximate surface area is 144 Å². The first-order valence-corrected chi connectivity index (χ1v) is 7.70. The first-order valence-electron chi connectivity index (χ1n) is 7.70. The zero-order valence-corrected chi connectivity index (χ0v) is 13.9. The van der Waals surface area contributed by atoms with Crippen molar-refractivity contribution in [3.05, 3.63) is 76.3 Å². The third kappa shape index (κ3) is 3.58. The van der Waals surface area contributed by atoms with Crippen LogP contribution in [0.3, 0.4) is 0 Å². The summed E-state index contributed by atoms with van der Waals surface area (Å²) in [4.78, 5) is 10.6. The number of benzene rings is 3. The predicted octanol–water partition coefficient (Wildman–Crippen LogP) is 4.59. The van der Waals surface area contributed by atoms with Crippen LogP contribution in [0.2, 0.25) is 0 Å². The van der Waals surface area contributed by atoms with Gasteiger partial charge in [0.2, 0.25) is 0 Å². The molecule has 0 bridgehead atoms. The topological polar surface area (TPSA) is 76.8 Å². The van der Waals surface area contributed by atoms with Gasteiger partial charge in [0.1, 0.15) is 11.4 Å². The van der Waals surface area contributed by atoms with E-state index in [1.807, 2.05) is 43.3 Å². The summed E-state index contributed by atoms with van der Waals surface area (Å²) in [6.07, 6.45) is 0. The van der Waals surface area contributed by atoms with E-state index < -0.39 is 4.92 Å². The standard InChI is InChI=1S/C19H17N3O3/c1-13(20-21-18-5-3-4-6-19(18)22(23)24)14-7-8-16-12-17(25-2)10-9-15(16)11-14/h3-12,21H,1-2H3/b20-13+. The molecular formula is C19H17N3O3. The van der Waals surface area contributed by atoms with Crippen LogP contribution in [0.15, 0.2) is 65.8 Å². The first-order chi connectivity index (χ1) is 12.1. The number of hydrazone groups is 1. The van der Waals surface area contributed by atoms with Crippen LogP contribution in [0.25, 0.3) is 10.8 Å². The highest BCUT2D eigenvalue weighted by Gasteiger charge is 2.11. The lowest BCUT2D eigenvalue weighted by Crippen LogP contribution is -2.01. The molecule has 0 aliphatic rings. The molecule has 1 N–H and O–H groups in total. The Kier molecular flexibility index (Phi) is 4.61. The molecule has 6 nitrogen and oxygen atoms in total. The number of hydrogen-bond acceptors (Lipinski definition) is 5. The van der Waals surface area contributed by atoms with E-state index in [1.165, 1.54) is 6.07 Å². The minimum absolute atomic E-state index is 0.00958. The Hall–Kier alpha value is -3.41. The maximum absolute atomic E-state index is 11.0. The molecule has 6 heteroatoms. The third-order valence-electron chi connectivity index (χ3n) is 3.91. The van der Waals surface area contributed by atoms with Crippen molar-refractivity contribution in [2.24, 2.45) is 5.10 Å². The number of fused-ring (bicyclic) bond motifs is 1. The molecule has 3 rings (SSSR count). The zero-order chi connectivity index (χ0) is 17.8. The molecule has 0 aliphatic heterocycles. The molecule has 3 aromatic rings. The van der Waals surface area contributed by atoms with Crippen LogP contribution in [0, 0.1) is 10.1 Å². The number of nitrogens with one attached hydrogen (secondary N) is 1. The van der Waals surface area contributed by atoms with Crippen LogP contribution in [0.4, 0.5) is 11.4 Å². The van der Waals surface area contributed by atoms with E-state index in [0.717, 1.165) is 27.8 Å². The van der Waals surface area contributed by atoms with Crippen LogP contribution in [0.5, 0.6) is 5.75 Å². The third-order valence-corrected chi connectivity index (χ3v) is 3.91. The quantitative estimate of drug-likeness (QED) is 0.420.